The number of hydrogen-bond acceptors (Lipinski definition) is 4. The minimum absolute atomic E-state index is 0.581. The normalized spacial score (nSPS) is 17.5. The summed E-state index contributed by atoms with van der Waals surface area (Å²) in [5.41, 5.74) is 4.63. The van der Waals surface area contributed by atoms with E-state index in [1.54, 1.807) is 16.0 Å². The van der Waals surface area contributed by atoms with Gasteiger partial charge in [0.15, 0.2) is 0 Å². The van der Waals surface area contributed by atoms with Gasteiger partial charge in [-0.15, -0.1) is 34.4 Å². The predicted octanol–water partition coefficient (Wildman–Crippen LogP) is 16.2. The van der Waals surface area contributed by atoms with Crippen molar-refractivity contribution in [1.82, 2.24) is 0 Å². The van der Waals surface area contributed by atoms with Crippen LogP contribution in [0.3, 0.4) is 0 Å². The van der Waals surface area contributed by atoms with Gasteiger partial charge >= 0.3 is 0 Å². The number of fused-ring (bicyclic) bond motifs is 5. The van der Waals surface area contributed by atoms with Gasteiger partial charge in [0.25, 0.3) is 0 Å². The molecule has 0 bridgehead atoms. The molecule has 0 aliphatic heterocycles. The van der Waals surface area contributed by atoms with E-state index in [0.29, 0.717) is 5.25 Å². The van der Waals surface area contributed by atoms with E-state index in [9.17, 15) is 0 Å². The Morgan fingerprint density at radius 3 is 2.10 bits per heavy atom. The van der Waals surface area contributed by atoms with Crippen molar-refractivity contribution in [2.24, 2.45) is 23.7 Å². The molecule has 0 saturated heterocycles. The maximum Gasteiger partial charge on any atom is 0.0538 e. The highest BCUT2D eigenvalue weighted by Crippen LogP contribution is 2.48. The van der Waals surface area contributed by atoms with E-state index in [1.807, 2.05) is 34.4 Å². The molecule has 2 aromatic carbocycles. The summed E-state index contributed by atoms with van der Waals surface area (Å²) < 4.78 is 4.47. The lowest BCUT2D eigenvalue weighted by molar-refractivity contribution is 0.437. The van der Waals surface area contributed by atoms with Crippen molar-refractivity contribution >= 4 is 71.8 Å². The summed E-state index contributed by atoms with van der Waals surface area (Å²) in [5, 5.41) is 2.02. The summed E-state index contributed by atoms with van der Waals surface area (Å²) in [6.07, 6.45) is 26.8. The fourth-order valence-electron chi connectivity index (χ4n) is 7.45. The Labute approximate surface area is 320 Å². The first kappa shape index (κ1) is 38.0. The zero-order valence-electron chi connectivity index (χ0n) is 31.6. The quantitative estimate of drug-likeness (QED) is 0.0996. The van der Waals surface area contributed by atoms with E-state index in [-0.39, 0.29) is 0 Å². The Morgan fingerprint density at radius 2 is 1.42 bits per heavy atom. The maximum atomic E-state index is 2.53. The van der Waals surface area contributed by atoms with Crippen LogP contribution in [0.5, 0.6) is 0 Å². The van der Waals surface area contributed by atoms with Crippen molar-refractivity contribution in [1.29, 1.82) is 0 Å². The zero-order chi connectivity index (χ0) is 35.0. The maximum absolute atomic E-state index is 2.53. The van der Waals surface area contributed by atoms with Gasteiger partial charge in [0, 0.05) is 30.0 Å². The van der Waals surface area contributed by atoms with Crippen LogP contribution in [0.4, 0.5) is 0 Å². The van der Waals surface area contributed by atoms with Crippen LogP contribution >= 0.6 is 46.2 Å². The summed E-state index contributed by atoms with van der Waals surface area (Å²) in [4.78, 5) is 5.76. The van der Waals surface area contributed by atoms with Crippen LogP contribution in [0, 0.1) is 23.7 Å². The number of thioether (sulfide) groups is 1. The van der Waals surface area contributed by atoms with E-state index in [2.05, 4.69) is 120 Å². The van der Waals surface area contributed by atoms with Gasteiger partial charge in [-0.05, 0) is 115 Å². The summed E-state index contributed by atoms with van der Waals surface area (Å²) >= 11 is 8.05. The van der Waals surface area contributed by atoms with Crippen molar-refractivity contribution in [3.63, 3.8) is 0 Å². The molecular formula is C46H60S4. The van der Waals surface area contributed by atoms with Gasteiger partial charge in [-0.2, -0.15) is 0 Å². The van der Waals surface area contributed by atoms with Gasteiger partial charge in [-0.25, -0.2) is 0 Å². The van der Waals surface area contributed by atoms with E-state index in [1.165, 1.54) is 123 Å². The molecular weight excluding hydrogens is 681 g/mol. The van der Waals surface area contributed by atoms with Crippen LogP contribution in [0.2, 0.25) is 0 Å². The van der Waals surface area contributed by atoms with Gasteiger partial charge in [0.2, 0.25) is 0 Å². The third-order valence-electron chi connectivity index (χ3n) is 10.7. The monoisotopic (exact) mass is 740 g/mol. The molecule has 4 aromatic rings. The predicted molar refractivity (Wildman–Crippen MR) is 231 cm³/mol. The van der Waals surface area contributed by atoms with Crippen LogP contribution in [0.15, 0.2) is 81.0 Å². The van der Waals surface area contributed by atoms with Crippen molar-refractivity contribution in [2.45, 2.75) is 140 Å². The molecule has 0 amide bonds. The lowest BCUT2D eigenvalue weighted by atomic mass is 9.93. The molecule has 0 nitrogen and oxygen atoms in total. The molecule has 0 saturated carbocycles. The second-order valence-electron chi connectivity index (χ2n) is 16.2. The smallest absolute Gasteiger partial charge is 0.0538 e. The molecule has 0 N–H and O–H groups in total. The molecule has 6 rings (SSSR count). The largest absolute Gasteiger partial charge is 0.134 e. The van der Waals surface area contributed by atoms with Gasteiger partial charge < -0.3 is 0 Å². The molecule has 3 unspecified atom stereocenters. The molecule has 0 radical (unpaired) electrons. The average Bonchev–Trinajstić information content (AvgIpc) is 3.62. The summed E-state index contributed by atoms with van der Waals surface area (Å²) in [6.45, 7) is 14.2. The Hall–Kier alpha value is -1.72. The summed E-state index contributed by atoms with van der Waals surface area (Å²) in [7, 11) is 0. The van der Waals surface area contributed by atoms with Crippen molar-refractivity contribution in [3.8, 4) is 0 Å². The van der Waals surface area contributed by atoms with Crippen LogP contribution in [-0.4, -0.2) is 5.25 Å². The topological polar surface area (TPSA) is 0 Å². The zero-order valence-corrected chi connectivity index (χ0v) is 34.8. The Morgan fingerprint density at radius 1 is 0.720 bits per heavy atom. The Kier molecular flexibility index (Phi) is 14.0. The number of allylic oxidation sites excluding steroid dienone is 4. The molecule has 0 spiro atoms. The minimum Gasteiger partial charge on any atom is -0.134 e. The van der Waals surface area contributed by atoms with Crippen molar-refractivity contribution < 1.29 is 0 Å². The van der Waals surface area contributed by atoms with Gasteiger partial charge in [0.05, 0.1) is 9.40 Å². The molecule has 2 heterocycles. The average molecular weight is 741 g/mol. The molecule has 2 aliphatic rings. The van der Waals surface area contributed by atoms with Crippen LogP contribution in [-0.2, 0) is 12.8 Å². The lowest BCUT2D eigenvalue weighted by Gasteiger charge is -2.20. The summed E-state index contributed by atoms with van der Waals surface area (Å²) in [5.74, 6) is 3.32. The van der Waals surface area contributed by atoms with E-state index >= 15 is 0 Å². The first-order chi connectivity index (χ1) is 24.2. The van der Waals surface area contributed by atoms with Gasteiger partial charge in [-0.3, -0.25) is 0 Å². The highest BCUT2D eigenvalue weighted by atomic mass is 32.2. The van der Waals surface area contributed by atoms with Crippen molar-refractivity contribution in [2.75, 3.05) is 0 Å². The molecule has 268 valence electrons. The number of hydrogen-bond donors (Lipinski definition) is 0. The highest BCUT2D eigenvalue weighted by Gasteiger charge is 2.22. The summed E-state index contributed by atoms with van der Waals surface area (Å²) in [6, 6.07) is 16.5. The van der Waals surface area contributed by atoms with E-state index < -0.39 is 0 Å². The SMILES string of the molecule is CC(C)CCCC(C)CCC1=CCC(SC2=Cc3sc4c(sc5cc(Sc6ccc(CCC(C)CCCC(C)C)cc6)ccc54)c3CC2)C=C1. The molecule has 4 heteroatoms. The fraction of sp³-hybridized carbons (Fsp3) is 0.522. The van der Waals surface area contributed by atoms with E-state index in [0.717, 1.165) is 23.7 Å². The van der Waals surface area contributed by atoms with Gasteiger partial charge in [0.1, 0.15) is 0 Å². The lowest BCUT2D eigenvalue weighted by Crippen LogP contribution is -2.05. The molecule has 0 fully saturated rings. The number of benzene rings is 2. The highest BCUT2D eigenvalue weighted by molar-refractivity contribution is 8.04. The Balaban J connectivity index is 1.00. The number of aryl methyl sites for hydroxylation is 2. The van der Waals surface area contributed by atoms with Crippen molar-refractivity contribution in [3.05, 3.63) is 87.2 Å². The Bertz CT molecular complexity index is 1780. The third kappa shape index (κ3) is 10.7. The van der Waals surface area contributed by atoms with Crippen LogP contribution in [0.1, 0.15) is 128 Å². The third-order valence-corrected chi connectivity index (χ3v) is 15.5. The van der Waals surface area contributed by atoms with Gasteiger partial charge in [-0.1, -0.05) is 134 Å². The molecule has 3 atom stereocenters. The fourth-order valence-corrected chi connectivity index (χ4v) is 12.5. The molecule has 2 aliphatic carbocycles. The molecule has 2 aromatic heterocycles. The first-order valence-corrected chi connectivity index (χ1v) is 23.0. The number of rotatable bonds is 18. The number of thiophene rings is 2. The standard InChI is InChI=1S/C46H60S4/c1-31(2)9-7-11-33(5)13-15-35-17-21-37(22-18-35)47-39-25-27-41-43(29-39)49-46-42-28-26-40(30-44(42)50-45(41)46)48-38-23-19-36(20-24-38)16-14-34(6)12-8-10-32(3)4/h17-23,25,27,29-34,38H,7-16,24,26,28H2,1-6H3. The van der Waals surface area contributed by atoms with Crippen LogP contribution in [0.25, 0.3) is 25.6 Å². The first-order valence-electron chi connectivity index (χ1n) is 19.7. The molecule has 50 heavy (non-hydrogen) atoms. The van der Waals surface area contributed by atoms with Crippen LogP contribution < -0.4 is 0 Å². The second-order valence-corrected chi connectivity index (χ2v) is 20.8. The second kappa shape index (κ2) is 18.4. The minimum atomic E-state index is 0.581. The van der Waals surface area contributed by atoms with E-state index in [4.69, 9.17) is 0 Å².